The second-order valence-corrected chi connectivity index (χ2v) is 6.03. The van der Waals surface area contributed by atoms with Gasteiger partial charge in [-0.1, -0.05) is 42.1 Å². The van der Waals surface area contributed by atoms with Crippen LogP contribution in [-0.4, -0.2) is 19.2 Å². The van der Waals surface area contributed by atoms with E-state index < -0.39 is 0 Å². The zero-order valence-electron chi connectivity index (χ0n) is 12.7. The Morgan fingerprint density at radius 1 is 1.04 bits per heavy atom. The summed E-state index contributed by atoms with van der Waals surface area (Å²) in [6.07, 6.45) is 0. The Hall–Kier alpha value is -2.40. The van der Waals surface area contributed by atoms with E-state index in [2.05, 4.69) is 5.32 Å². The molecule has 0 aromatic heterocycles. The van der Waals surface area contributed by atoms with Crippen LogP contribution >= 0.6 is 11.8 Å². The number of esters is 1. The van der Waals surface area contributed by atoms with Gasteiger partial charge >= 0.3 is 5.97 Å². The van der Waals surface area contributed by atoms with Gasteiger partial charge in [-0.05, 0) is 31.2 Å². The number of fused-ring (bicyclic) bond motifs is 1. The molecule has 1 heterocycles. The zero-order valence-corrected chi connectivity index (χ0v) is 13.6. The molecule has 0 aliphatic carbocycles. The first-order chi connectivity index (χ1) is 11.2. The van der Waals surface area contributed by atoms with Crippen LogP contribution in [0.2, 0.25) is 0 Å². The lowest BCUT2D eigenvalue weighted by atomic mass is 10.3. The summed E-state index contributed by atoms with van der Waals surface area (Å²) in [5.74, 6) is 0.438. The minimum Gasteiger partial charge on any atom is -0.490 e. The second-order valence-electron chi connectivity index (χ2n) is 4.97. The molecular formula is C18H17NO3S. The van der Waals surface area contributed by atoms with Crippen molar-refractivity contribution in [1.82, 2.24) is 0 Å². The standard InChI is InChI=1S/C18H17NO3S/c1-13-17(23-16-10-6-5-9-15(16)19-13)18(20)22-12-11-21-14-7-3-2-4-8-14/h2-10,19H,11-12H2,1H3. The van der Waals surface area contributed by atoms with Crippen LogP contribution in [0.25, 0.3) is 0 Å². The number of nitrogens with one attached hydrogen (secondary N) is 1. The summed E-state index contributed by atoms with van der Waals surface area (Å²) in [5, 5.41) is 3.23. The van der Waals surface area contributed by atoms with Crippen molar-refractivity contribution in [3.05, 3.63) is 65.2 Å². The molecule has 1 N–H and O–H groups in total. The van der Waals surface area contributed by atoms with Crippen molar-refractivity contribution in [2.45, 2.75) is 11.8 Å². The Labute approximate surface area is 139 Å². The van der Waals surface area contributed by atoms with Crippen molar-refractivity contribution < 1.29 is 14.3 Å². The lowest BCUT2D eigenvalue weighted by Gasteiger charge is -2.20. The maximum atomic E-state index is 12.2. The predicted octanol–water partition coefficient (Wildman–Crippen LogP) is 4.06. The molecule has 0 saturated heterocycles. The number of carbonyl (C=O) groups is 1. The van der Waals surface area contributed by atoms with E-state index in [0.717, 1.165) is 22.0 Å². The first kappa shape index (κ1) is 15.5. The normalized spacial score (nSPS) is 13.1. The molecule has 1 aliphatic heterocycles. The molecule has 2 aromatic carbocycles. The van der Waals surface area contributed by atoms with E-state index in [1.54, 1.807) is 0 Å². The first-order valence-corrected chi connectivity index (χ1v) is 8.15. The van der Waals surface area contributed by atoms with Gasteiger partial charge in [0.15, 0.2) is 0 Å². The number of ether oxygens (including phenoxy) is 2. The van der Waals surface area contributed by atoms with Gasteiger partial charge in [0.1, 0.15) is 23.9 Å². The zero-order chi connectivity index (χ0) is 16.1. The molecular weight excluding hydrogens is 310 g/mol. The van der Waals surface area contributed by atoms with Crippen molar-refractivity contribution in [3.8, 4) is 5.75 Å². The fourth-order valence-electron chi connectivity index (χ4n) is 2.18. The van der Waals surface area contributed by atoms with Crippen LogP contribution in [0.5, 0.6) is 5.75 Å². The van der Waals surface area contributed by atoms with Gasteiger partial charge in [0.05, 0.1) is 5.69 Å². The minimum absolute atomic E-state index is 0.215. The molecule has 0 atom stereocenters. The quantitative estimate of drug-likeness (QED) is 0.663. The van der Waals surface area contributed by atoms with E-state index in [0.29, 0.717) is 11.5 Å². The third-order valence-electron chi connectivity index (χ3n) is 3.28. The Balaban J connectivity index is 1.52. The number of benzene rings is 2. The molecule has 0 saturated carbocycles. The maximum absolute atomic E-state index is 12.2. The molecule has 4 nitrogen and oxygen atoms in total. The number of hydrogen-bond donors (Lipinski definition) is 1. The molecule has 118 valence electrons. The average molecular weight is 327 g/mol. The van der Waals surface area contributed by atoms with Gasteiger partial charge in [-0.25, -0.2) is 4.79 Å². The fourth-order valence-corrected chi connectivity index (χ4v) is 3.12. The molecule has 1 aliphatic rings. The van der Waals surface area contributed by atoms with Gasteiger partial charge in [0, 0.05) is 10.6 Å². The molecule has 0 spiro atoms. The lowest BCUT2D eigenvalue weighted by molar-refractivity contribution is -0.138. The predicted molar refractivity (Wildman–Crippen MR) is 91.5 cm³/mol. The maximum Gasteiger partial charge on any atom is 0.346 e. The highest BCUT2D eigenvalue weighted by molar-refractivity contribution is 8.04. The number of carbonyl (C=O) groups excluding carboxylic acids is 1. The summed E-state index contributed by atoms with van der Waals surface area (Å²) in [4.78, 5) is 13.8. The van der Waals surface area contributed by atoms with Crippen LogP contribution in [0.3, 0.4) is 0 Å². The smallest absolute Gasteiger partial charge is 0.346 e. The van der Waals surface area contributed by atoms with Crippen LogP contribution in [0.15, 0.2) is 70.1 Å². The average Bonchev–Trinajstić information content (AvgIpc) is 2.59. The van der Waals surface area contributed by atoms with E-state index in [9.17, 15) is 4.79 Å². The molecule has 0 amide bonds. The van der Waals surface area contributed by atoms with Crippen molar-refractivity contribution in [1.29, 1.82) is 0 Å². The minimum atomic E-state index is -0.328. The third-order valence-corrected chi connectivity index (χ3v) is 4.53. The van der Waals surface area contributed by atoms with E-state index in [-0.39, 0.29) is 12.6 Å². The summed E-state index contributed by atoms with van der Waals surface area (Å²) in [6.45, 7) is 2.42. The van der Waals surface area contributed by atoms with E-state index in [4.69, 9.17) is 9.47 Å². The SMILES string of the molecule is CC1=C(C(=O)OCCOc2ccccc2)Sc2ccccc2N1. The molecule has 0 bridgehead atoms. The fraction of sp³-hybridized carbons (Fsp3) is 0.167. The molecule has 23 heavy (non-hydrogen) atoms. The van der Waals surface area contributed by atoms with Crippen LogP contribution in [0.1, 0.15) is 6.92 Å². The molecule has 2 aromatic rings. The van der Waals surface area contributed by atoms with Crippen LogP contribution < -0.4 is 10.1 Å². The van der Waals surface area contributed by atoms with Crippen LogP contribution in [0.4, 0.5) is 5.69 Å². The van der Waals surface area contributed by atoms with E-state index in [1.807, 2.05) is 61.5 Å². The number of para-hydroxylation sites is 2. The first-order valence-electron chi connectivity index (χ1n) is 7.34. The van der Waals surface area contributed by atoms with Gasteiger partial charge in [0.25, 0.3) is 0 Å². The van der Waals surface area contributed by atoms with Gasteiger partial charge in [-0.15, -0.1) is 0 Å². The molecule has 0 radical (unpaired) electrons. The van der Waals surface area contributed by atoms with Gasteiger partial charge < -0.3 is 14.8 Å². The highest BCUT2D eigenvalue weighted by atomic mass is 32.2. The number of allylic oxidation sites excluding steroid dienone is 1. The Kier molecular flexibility index (Phi) is 4.88. The topological polar surface area (TPSA) is 47.6 Å². The number of anilines is 1. The van der Waals surface area contributed by atoms with E-state index in [1.165, 1.54) is 11.8 Å². The molecule has 5 heteroatoms. The van der Waals surface area contributed by atoms with Gasteiger partial charge in [-0.2, -0.15) is 0 Å². The molecule has 0 unspecified atom stereocenters. The van der Waals surface area contributed by atoms with E-state index >= 15 is 0 Å². The summed E-state index contributed by atoms with van der Waals surface area (Å²) in [6, 6.07) is 17.3. The Morgan fingerprint density at radius 3 is 2.61 bits per heavy atom. The van der Waals surface area contributed by atoms with Crippen molar-refractivity contribution in [2.75, 3.05) is 18.5 Å². The molecule has 3 rings (SSSR count). The third kappa shape index (κ3) is 3.87. The van der Waals surface area contributed by atoms with Crippen LogP contribution in [0, 0.1) is 0 Å². The number of hydrogen-bond acceptors (Lipinski definition) is 5. The lowest BCUT2D eigenvalue weighted by Crippen LogP contribution is -2.17. The van der Waals surface area contributed by atoms with Crippen molar-refractivity contribution in [3.63, 3.8) is 0 Å². The number of rotatable bonds is 5. The van der Waals surface area contributed by atoms with Crippen molar-refractivity contribution in [2.24, 2.45) is 0 Å². The summed E-state index contributed by atoms with van der Waals surface area (Å²) in [7, 11) is 0. The summed E-state index contributed by atoms with van der Waals surface area (Å²) >= 11 is 1.43. The van der Waals surface area contributed by atoms with Gasteiger partial charge in [0.2, 0.25) is 0 Å². The second kappa shape index (κ2) is 7.24. The highest BCUT2D eigenvalue weighted by Gasteiger charge is 2.22. The Morgan fingerprint density at radius 2 is 1.78 bits per heavy atom. The largest absolute Gasteiger partial charge is 0.490 e. The van der Waals surface area contributed by atoms with Crippen LogP contribution in [-0.2, 0) is 9.53 Å². The van der Waals surface area contributed by atoms with Gasteiger partial charge in [-0.3, -0.25) is 0 Å². The Bertz CT molecular complexity index is 728. The highest BCUT2D eigenvalue weighted by Crippen LogP contribution is 2.39. The molecule has 0 fully saturated rings. The van der Waals surface area contributed by atoms with Crippen molar-refractivity contribution >= 4 is 23.4 Å². The summed E-state index contributed by atoms with van der Waals surface area (Å²) < 4.78 is 10.8. The summed E-state index contributed by atoms with van der Waals surface area (Å²) in [5.41, 5.74) is 1.82. The monoisotopic (exact) mass is 327 g/mol. The number of thioether (sulfide) groups is 1.